The van der Waals surface area contributed by atoms with E-state index >= 15 is 0 Å². The first-order valence-electron chi connectivity index (χ1n) is 8.87. The quantitative estimate of drug-likeness (QED) is 0.732. The molecule has 0 amide bonds. The standard InChI is InChI=1S/C18H27ClN6O/c1-24-5-7-25(8-6-24)16(26-2)11-13-10-15-14(9-12(13)3-4-19)22-17(20)18(21)23-15/h9-10,16H,3-8,11H2,1-2H3,(H2,20,22)(H2,21,23). The Morgan fingerprint density at radius 1 is 1.08 bits per heavy atom. The van der Waals surface area contributed by atoms with Crippen molar-refractivity contribution in [2.24, 2.45) is 0 Å². The molecule has 142 valence electrons. The molecule has 3 rings (SSSR count). The molecule has 1 aliphatic rings. The van der Waals surface area contributed by atoms with Crippen molar-refractivity contribution in [1.82, 2.24) is 19.8 Å². The summed E-state index contributed by atoms with van der Waals surface area (Å²) in [6.45, 7) is 4.09. The minimum absolute atomic E-state index is 0.0225. The molecule has 2 heterocycles. The van der Waals surface area contributed by atoms with Gasteiger partial charge in [0.25, 0.3) is 0 Å². The number of methoxy groups -OCH3 is 1. The number of likely N-dealkylation sites (N-methyl/N-ethyl adjacent to an activating group) is 1. The number of halogens is 1. The highest BCUT2D eigenvalue weighted by Gasteiger charge is 2.23. The second-order valence-electron chi connectivity index (χ2n) is 6.78. The van der Waals surface area contributed by atoms with Gasteiger partial charge in [-0.15, -0.1) is 11.6 Å². The van der Waals surface area contributed by atoms with E-state index in [2.05, 4.69) is 26.8 Å². The zero-order valence-electron chi connectivity index (χ0n) is 15.4. The number of nitrogens with two attached hydrogens (primary N) is 2. The van der Waals surface area contributed by atoms with Gasteiger partial charge in [0.2, 0.25) is 0 Å². The van der Waals surface area contributed by atoms with Gasteiger partial charge in [-0.1, -0.05) is 0 Å². The average molecular weight is 379 g/mol. The van der Waals surface area contributed by atoms with Crippen molar-refractivity contribution < 1.29 is 4.74 Å². The molecule has 0 bridgehead atoms. The van der Waals surface area contributed by atoms with Gasteiger partial charge in [-0.2, -0.15) is 0 Å². The van der Waals surface area contributed by atoms with Crippen LogP contribution in [-0.4, -0.2) is 72.2 Å². The number of alkyl halides is 1. The van der Waals surface area contributed by atoms with Crippen LogP contribution in [0.1, 0.15) is 11.1 Å². The average Bonchev–Trinajstić information content (AvgIpc) is 2.62. The van der Waals surface area contributed by atoms with Crippen LogP contribution in [0.25, 0.3) is 11.0 Å². The summed E-state index contributed by atoms with van der Waals surface area (Å²) in [4.78, 5) is 13.5. The number of hydrogen-bond acceptors (Lipinski definition) is 7. The lowest BCUT2D eigenvalue weighted by atomic mass is 9.99. The van der Waals surface area contributed by atoms with E-state index in [9.17, 15) is 0 Å². The van der Waals surface area contributed by atoms with Crippen LogP contribution < -0.4 is 11.5 Å². The van der Waals surface area contributed by atoms with Gasteiger partial charge in [-0.25, -0.2) is 9.97 Å². The van der Waals surface area contributed by atoms with Crippen molar-refractivity contribution in [3.63, 3.8) is 0 Å². The van der Waals surface area contributed by atoms with Gasteiger partial charge in [0.05, 0.1) is 11.0 Å². The lowest BCUT2D eigenvalue weighted by molar-refractivity contribution is -0.0499. The Labute approximate surface area is 159 Å². The first-order valence-corrected chi connectivity index (χ1v) is 9.41. The number of piperazine rings is 1. The summed E-state index contributed by atoms with van der Waals surface area (Å²) in [6, 6.07) is 4.06. The minimum atomic E-state index is 0.0225. The van der Waals surface area contributed by atoms with Crippen molar-refractivity contribution in [3.05, 3.63) is 23.3 Å². The van der Waals surface area contributed by atoms with Crippen LogP contribution in [0.3, 0.4) is 0 Å². The number of nitrogen functional groups attached to an aromatic ring is 2. The molecule has 7 nitrogen and oxygen atoms in total. The van der Waals surface area contributed by atoms with Gasteiger partial charge in [0.15, 0.2) is 11.6 Å². The number of aryl methyl sites for hydroxylation is 1. The summed E-state index contributed by atoms with van der Waals surface area (Å²) in [5.74, 6) is 1.06. The SMILES string of the molecule is COC(Cc1cc2nc(N)c(N)nc2cc1CCCl)N1CCN(C)CC1. The van der Waals surface area contributed by atoms with Crippen LogP contribution in [-0.2, 0) is 17.6 Å². The summed E-state index contributed by atoms with van der Waals surface area (Å²) in [6.07, 6.45) is 1.56. The molecule has 1 aromatic carbocycles. The largest absolute Gasteiger partial charge is 0.381 e. The van der Waals surface area contributed by atoms with E-state index < -0.39 is 0 Å². The topological polar surface area (TPSA) is 93.5 Å². The predicted molar refractivity (Wildman–Crippen MR) is 106 cm³/mol. The molecule has 1 aromatic heterocycles. The van der Waals surface area contributed by atoms with Crippen LogP contribution in [0, 0.1) is 0 Å². The zero-order valence-corrected chi connectivity index (χ0v) is 16.2. The summed E-state index contributed by atoms with van der Waals surface area (Å²) < 4.78 is 5.81. The molecule has 1 atom stereocenters. The highest BCUT2D eigenvalue weighted by molar-refractivity contribution is 6.18. The summed E-state index contributed by atoms with van der Waals surface area (Å²) in [7, 11) is 3.92. The number of anilines is 2. The molecular weight excluding hydrogens is 352 g/mol. The second-order valence-corrected chi connectivity index (χ2v) is 7.15. The number of fused-ring (bicyclic) bond motifs is 1. The van der Waals surface area contributed by atoms with Crippen molar-refractivity contribution >= 4 is 34.3 Å². The maximum Gasteiger partial charge on any atom is 0.166 e. The third kappa shape index (κ3) is 4.17. The summed E-state index contributed by atoms with van der Waals surface area (Å²) in [5, 5.41) is 0. The molecule has 4 N–H and O–H groups in total. The number of ether oxygens (including phenoxy) is 1. The summed E-state index contributed by atoms with van der Waals surface area (Å²) >= 11 is 6.02. The maximum atomic E-state index is 6.02. The molecular formula is C18H27ClN6O. The van der Waals surface area contributed by atoms with Gasteiger partial charge in [-0.05, 0) is 36.7 Å². The molecule has 1 fully saturated rings. The highest BCUT2D eigenvalue weighted by atomic mass is 35.5. The first-order chi connectivity index (χ1) is 12.5. The van der Waals surface area contributed by atoms with Gasteiger partial charge >= 0.3 is 0 Å². The van der Waals surface area contributed by atoms with E-state index in [1.54, 1.807) is 7.11 Å². The molecule has 1 unspecified atom stereocenters. The van der Waals surface area contributed by atoms with Crippen molar-refractivity contribution in [2.75, 3.05) is 57.7 Å². The Hall–Kier alpha value is -1.67. The van der Waals surface area contributed by atoms with Crippen LogP contribution in [0.4, 0.5) is 11.6 Å². The lowest BCUT2D eigenvalue weighted by Gasteiger charge is -2.37. The highest BCUT2D eigenvalue weighted by Crippen LogP contribution is 2.24. The fourth-order valence-corrected chi connectivity index (χ4v) is 3.60. The Bertz CT molecular complexity index is 763. The van der Waals surface area contributed by atoms with Gasteiger partial charge in [-0.3, -0.25) is 4.90 Å². The number of nitrogens with zero attached hydrogens (tertiary/aromatic N) is 4. The molecule has 0 radical (unpaired) electrons. The van der Waals surface area contributed by atoms with E-state index in [0.29, 0.717) is 5.88 Å². The molecule has 0 spiro atoms. The monoisotopic (exact) mass is 378 g/mol. The molecule has 1 aliphatic heterocycles. The molecule has 1 saturated heterocycles. The van der Waals surface area contributed by atoms with Crippen LogP contribution in [0.2, 0.25) is 0 Å². The minimum Gasteiger partial charge on any atom is -0.381 e. The molecule has 2 aromatic rings. The van der Waals surface area contributed by atoms with E-state index in [0.717, 1.165) is 55.6 Å². The first kappa shape index (κ1) is 19.1. The number of hydrogen-bond donors (Lipinski definition) is 2. The van der Waals surface area contributed by atoms with E-state index in [-0.39, 0.29) is 17.9 Å². The fraction of sp³-hybridized carbons (Fsp3) is 0.556. The molecule has 26 heavy (non-hydrogen) atoms. The Morgan fingerprint density at radius 3 is 2.19 bits per heavy atom. The Morgan fingerprint density at radius 2 is 1.65 bits per heavy atom. The fourth-order valence-electron chi connectivity index (χ4n) is 3.40. The number of rotatable bonds is 6. The van der Waals surface area contributed by atoms with E-state index in [1.807, 2.05) is 12.1 Å². The predicted octanol–water partition coefficient (Wildman–Crippen LogP) is 1.34. The third-order valence-corrected chi connectivity index (χ3v) is 5.21. The number of benzene rings is 1. The second kappa shape index (κ2) is 8.35. The van der Waals surface area contributed by atoms with Gasteiger partial charge in [0.1, 0.15) is 6.23 Å². The third-order valence-electron chi connectivity index (χ3n) is 5.02. The van der Waals surface area contributed by atoms with Crippen LogP contribution in [0.5, 0.6) is 0 Å². The molecule has 0 aliphatic carbocycles. The summed E-state index contributed by atoms with van der Waals surface area (Å²) in [5.41, 5.74) is 15.5. The molecule has 8 heteroatoms. The van der Waals surface area contributed by atoms with Gasteiger partial charge in [0, 0.05) is 45.6 Å². The Kier molecular flexibility index (Phi) is 6.13. The van der Waals surface area contributed by atoms with Crippen LogP contribution >= 0.6 is 11.6 Å². The normalized spacial score (nSPS) is 17.7. The van der Waals surface area contributed by atoms with E-state index in [1.165, 1.54) is 5.56 Å². The number of aromatic nitrogens is 2. The van der Waals surface area contributed by atoms with Crippen LogP contribution in [0.15, 0.2) is 12.1 Å². The lowest BCUT2D eigenvalue weighted by Crippen LogP contribution is -2.50. The van der Waals surface area contributed by atoms with Crippen molar-refractivity contribution in [2.45, 2.75) is 19.1 Å². The smallest absolute Gasteiger partial charge is 0.166 e. The molecule has 0 saturated carbocycles. The van der Waals surface area contributed by atoms with Crippen molar-refractivity contribution in [3.8, 4) is 0 Å². The zero-order chi connectivity index (χ0) is 18.7. The maximum absolute atomic E-state index is 6.02. The van der Waals surface area contributed by atoms with Crippen molar-refractivity contribution in [1.29, 1.82) is 0 Å². The Balaban J connectivity index is 1.91. The van der Waals surface area contributed by atoms with Gasteiger partial charge < -0.3 is 21.1 Å². The van der Waals surface area contributed by atoms with E-state index in [4.69, 9.17) is 27.8 Å².